The Balaban J connectivity index is 1.90. The van der Waals surface area contributed by atoms with E-state index < -0.39 is 0 Å². The first-order chi connectivity index (χ1) is 15.7. The monoisotopic (exact) mass is 448 g/mol. The van der Waals surface area contributed by atoms with Gasteiger partial charge in [0, 0.05) is 24.9 Å². The van der Waals surface area contributed by atoms with Gasteiger partial charge in [0.05, 0.1) is 6.54 Å². The molecule has 0 bridgehead atoms. The van der Waals surface area contributed by atoms with Crippen LogP contribution in [0.15, 0.2) is 83.1 Å². The lowest BCUT2D eigenvalue weighted by atomic mass is 9.72. The van der Waals surface area contributed by atoms with E-state index in [2.05, 4.69) is 50.9 Å². The Morgan fingerprint density at radius 2 is 2.00 bits per heavy atom. The molecule has 1 heterocycles. The molecule has 0 radical (unpaired) electrons. The number of allylic oxidation sites excluding steroid dienone is 9. The third-order valence-electron chi connectivity index (χ3n) is 6.07. The van der Waals surface area contributed by atoms with E-state index in [0.29, 0.717) is 25.6 Å². The largest absolute Gasteiger partial charge is 0.476 e. The average Bonchev–Trinajstić information content (AvgIpc) is 2.76. The summed E-state index contributed by atoms with van der Waals surface area (Å²) in [5.41, 5.74) is 5.34. The van der Waals surface area contributed by atoms with E-state index in [1.54, 1.807) is 17.2 Å². The maximum atomic E-state index is 12.6. The van der Waals surface area contributed by atoms with Gasteiger partial charge in [-0.1, -0.05) is 61.4 Å². The van der Waals surface area contributed by atoms with E-state index in [0.717, 1.165) is 5.57 Å². The van der Waals surface area contributed by atoms with Crippen molar-refractivity contribution in [3.63, 3.8) is 0 Å². The van der Waals surface area contributed by atoms with Crippen molar-refractivity contribution in [3.05, 3.63) is 83.1 Å². The van der Waals surface area contributed by atoms with Crippen LogP contribution in [0.1, 0.15) is 60.8 Å². The van der Waals surface area contributed by atoms with Crippen molar-refractivity contribution in [2.75, 3.05) is 19.7 Å². The Morgan fingerprint density at radius 1 is 1.21 bits per heavy atom. The molecule has 0 unspecified atom stereocenters. The molecule has 0 spiro atoms. The molecule has 1 amide bonds. The molecule has 4 nitrogen and oxygen atoms in total. The molecule has 178 valence electrons. The number of nitrogens with zero attached hydrogens (tertiary/aromatic N) is 2. The molecule has 1 aromatic heterocycles. The predicted octanol–water partition coefficient (Wildman–Crippen LogP) is 6.84. The average molecular weight is 449 g/mol. The summed E-state index contributed by atoms with van der Waals surface area (Å²) < 4.78 is 5.61. The van der Waals surface area contributed by atoms with Crippen LogP contribution in [0.5, 0.6) is 5.88 Å². The highest BCUT2D eigenvalue weighted by Crippen LogP contribution is 2.40. The van der Waals surface area contributed by atoms with Crippen LogP contribution in [0.3, 0.4) is 0 Å². The summed E-state index contributed by atoms with van der Waals surface area (Å²) in [6, 6.07) is 5.54. The van der Waals surface area contributed by atoms with Crippen LogP contribution in [0.2, 0.25) is 0 Å². The molecular formula is C29H40N2O2. The van der Waals surface area contributed by atoms with Gasteiger partial charge >= 0.3 is 0 Å². The highest BCUT2D eigenvalue weighted by Gasteiger charge is 2.26. The molecule has 1 aliphatic rings. The highest BCUT2D eigenvalue weighted by molar-refractivity contribution is 5.88. The molecule has 0 atom stereocenters. The first-order valence-corrected chi connectivity index (χ1v) is 12.0. The van der Waals surface area contributed by atoms with Crippen molar-refractivity contribution < 1.29 is 9.53 Å². The smallest absolute Gasteiger partial charge is 0.246 e. The van der Waals surface area contributed by atoms with E-state index in [9.17, 15) is 4.79 Å². The Hall–Kier alpha value is -2.88. The molecule has 2 rings (SSSR count). The first-order valence-electron chi connectivity index (χ1n) is 12.0. The number of rotatable bonds is 10. The van der Waals surface area contributed by atoms with Crippen LogP contribution >= 0.6 is 0 Å². The molecule has 0 aromatic carbocycles. The normalized spacial score (nSPS) is 17.2. The number of ether oxygens (including phenoxy) is 1. The molecule has 4 heteroatoms. The maximum Gasteiger partial charge on any atom is 0.246 e. The second-order valence-corrected chi connectivity index (χ2v) is 9.36. The fourth-order valence-electron chi connectivity index (χ4n) is 4.08. The number of likely N-dealkylation sites (N-methyl/N-ethyl adjacent to an activating group) is 1. The number of amides is 1. The molecule has 33 heavy (non-hydrogen) atoms. The lowest BCUT2D eigenvalue weighted by Crippen LogP contribution is -2.33. The van der Waals surface area contributed by atoms with Crippen LogP contribution in [0.4, 0.5) is 0 Å². The number of hydrogen-bond acceptors (Lipinski definition) is 3. The fourth-order valence-corrected chi connectivity index (χ4v) is 4.08. The maximum absolute atomic E-state index is 12.6. The molecule has 0 fully saturated rings. The van der Waals surface area contributed by atoms with Crippen LogP contribution in [-0.2, 0) is 4.79 Å². The summed E-state index contributed by atoms with van der Waals surface area (Å²) in [5, 5.41) is 0. The third kappa shape index (κ3) is 8.88. The lowest BCUT2D eigenvalue weighted by molar-refractivity contribution is -0.126. The molecular weight excluding hydrogens is 408 g/mol. The minimum atomic E-state index is -0.00758. The van der Waals surface area contributed by atoms with Gasteiger partial charge in [0.2, 0.25) is 11.8 Å². The Morgan fingerprint density at radius 3 is 2.67 bits per heavy atom. The molecule has 0 N–H and O–H groups in total. The van der Waals surface area contributed by atoms with Gasteiger partial charge in [-0.05, 0) is 69.6 Å². The number of carbonyl (C=O) groups excluding carboxylic acids is 1. The van der Waals surface area contributed by atoms with Crippen LogP contribution in [0.25, 0.3) is 0 Å². The van der Waals surface area contributed by atoms with Crippen LogP contribution < -0.4 is 4.74 Å². The topological polar surface area (TPSA) is 42.4 Å². The summed E-state index contributed by atoms with van der Waals surface area (Å²) in [7, 11) is 0. The zero-order chi connectivity index (χ0) is 24.3. The Kier molecular flexibility index (Phi) is 10.4. The summed E-state index contributed by atoms with van der Waals surface area (Å²) in [6.45, 7) is 14.5. The van der Waals surface area contributed by atoms with Gasteiger partial charge in [-0.2, -0.15) is 0 Å². The van der Waals surface area contributed by atoms with E-state index >= 15 is 0 Å². The summed E-state index contributed by atoms with van der Waals surface area (Å²) in [5.74, 6) is 0.567. The lowest BCUT2D eigenvalue weighted by Gasteiger charge is -2.32. The number of hydrogen-bond donors (Lipinski definition) is 0. The second-order valence-electron chi connectivity index (χ2n) is 9.36. The van der Waals surface area contributed by atoms with E-state index in [1.807, 2.05) is 44.2 Å². The van der Waals surface area contributed by atoms with E-state index in [4.69, 9.17) is 4.74 Å². The van der Waals surface area contributed by atoms with E-state index in [-0.39, 0.29) is 11.3 Å². The van der Waals surface area contributed by atoms with Gasteiger partial charge in [-0.25, -0.2) is 4.98 Å². The quantitative estimate of drug-likeness (QED) is 0.291. The summed E-state index contributed by atoms with van der Waals surface area (Å²) in [6.07, 6.45) is 17.6. The Bertz CT molecular complexity index is 934. The second kappa shape index (κ2) is 13.0. The first kappa shape index (κ1) is 26.4. The SMILES string of the molecule is CCN(CCOc1ccccn1)C(=O)C=C(C)C=CC=C(C)C=CC1=C(C)CCCC1(C)C. The van der Waals surface area contributed by atoms with Gasteiger partial charge in [0.1, 0.15) is 6.61 Å². The minimum absolute atomic E-state index is 0.00758. The van der Waals surface area contributed by atoms with Crippen molar-refractivity contribution in [2.24, 2.45) is 5.41 Å². The van der Waals surface area contributed by atoms with Crippen LogP contribution in [0, 0.1) is 5.41 Å². The molecule has 1 aromatic rings. The number of pyridine rings is 1. The van der Waals surface area contributed by atoms with Crippen molar-refractivity contribution >= 4 is 5.91 Å². The van der Waals surface area contributed by atoms with E-state index in [1.165, 1.54) is 36.0 Å². The predicted molar refractivity (Wildman–Crippen MR) is 138 cm³/mol. The number of aromatic nitrogens is 1. The molecule has 1 aliphatic carbocycles. The van der Waals surface area contributed by atoms with Gasteiger partial charge in [0.15, 0.2) is 0 Å². The molecule has 0 saturated heterocycles. The highest BCUT2D eigenvalue weighted by atomic mass is 16.5. The van der Waals surface area contributed by atoms with Gasteiger partial charge in [-0.15, -0.1) is 0 Å². The fraction of sp³-hybridized carbons (Fsp3) is 0.448. The Labute approximate surface area is 200 Å². The standard InChI is InChI=1S/C29H40N2O2/c1-7-31(20-21-33-27-15-8-9-19-30-27)28(32)22-24(3)13-10-12-23(2)16-17-26-25(4)14-11-18-29(26,5)6/h8-10,12-13,15-17,19,22H,7,11,14,18,20-21H2,1-6H3. The van der Waals surface area contributed by atoms with Crippen LogP contribution in [-0.4, -0.2) is 35.5 Å². The van der Waals surface area contributed by atoms with Gasteiger partial charge in [0.25, 0.3) is 0 Å². The van der Waals surface area contributed by atoms with Gasteiger partial charge < -0.3 is 9.64 Å². The van der Waals surface area contributed by atoms with Crippen molar-refractivity contribution in [1.29, 1.82) is 0 Å². The van der Waals surface area contributed by atoms with Gasteiger partial charge in [-0.3, -0.25) is 4.79 Å². The van der Waals surface area contributed by atoms with Crippen molar-refractivity contribution in [3.8, 4) is 5.88 Å². The molecule has 0 aliphatic heterocycles. The zero-order valence-corrected chi connectivity index (χ0v) is 21.2. The molecule has 0 saturated carbocycles. The summed E-state index contributed by atoms with van der Waals surface area (Å²) in [4.78, 5) is 18.5. The summed E-state index contributed by atoms with van der Waals surface area (Å²) >= 11 is 0. The van der Waals surface area contributed by atoms with Crippen molar-refractivity contribution in [2.45, 2.75) is 60.8 Å². The number of carbonyl (C=O) groups is 1. The van der Waals surface area contributed by atoms with Crippen molar-refractivity contribution in [1.82, 2.24) is 9.88 Å². The zero-order valence-electron chi connectivity index (χ0n) is 21.2. The minimum Gasteiger partial charge on any atom is -0.476 e. The third-order valence-corrected chi connectivity index (χ3v) is 6.07.